The van der Waals surface area contributed by atoms with Gasteiger partial charge in [-0.2, -0.15) is 0 Å². The van der Waals surface area contributed by atoms with E-state index in [4.69, 9.17) is 14.2 Å². The molecule has 0 saturated carbocycles. The van der Waals surface area contributed by atoms with Crippen molar-refractivity contribution in [2.24, 2.45) is 0 Å². The third-order valence-electron chi connectivity index (χ3n) is 2.13. The van der Waals surface area contributed by atoms with Crippen LogP contribution in [0.15, 0.2) is 0 Å². The molecule has 1 rings (SSSR count). The van der Waals surface area contributed by atoms with Crippen molar-refractivity contribution in [1.29, 1.82) is 0 Å². The van der Waals surface area contributed by atoms with E-state index in [0.717, 1.165) is 13.1 Å². The molecule has 2 unspecified atom stereocenters. The molecule has 0 aromatic rings. The normalized spacial score (nSPS) is 32.2. The van der Waals surface area contributed by atoms with Gasteiger partial charge < -0.3 is 14.2 Å². The van der Waals surface area contributed by atoms with Crippen molar-refractivity contribution in [2.75, 3.05) is 33.9 Å². The predicted octanol–water partition coefficient (Wildman–Crippen LogP) is 0.283. The van der Waals surface area contributed by atoms with Crippen LogP contribution in [0.2, 0.25) is 0 Å². The molecule has 0 aromatic heterocycles. The van der Waals surface area contributed by atoms with Gasteiger partial charge in [-0.3, -0.25) is 4.90 Å². The summed E-state index contributed by atoms with van der Waals surface area (Å²) in [4.78, 5) is 2.19. The molecular formula is C8H17NO3. The van der Waals surface area contributed by atoms with E-state index in [1.165, 1.54) is 0 Å². The summed E-state index contributed by atoms with van der Waals surface area (Å²) in [6.45, 7) is 4.69. The van der Waals surface area contributed by atoms with E-state index in [1.54, 1.807) is 14.2 Å². The van der Waals surface area contributed by atoms with E-state index in [2.05, 4.69) is 11.8 Å². The Kier molecular flexibility index (Phi) is 3.94. The summed E-state index contributed by atoms with van der Waals surface area (Å²) in [5.41, 5.74) is 0. The van der Waals surface area contributed by atoms with E-state index in [1.807, 2.05) is 0 Å². The van der Waals surface area contributed by atoms with Crippen molar-refractivity contribution in [2.45, 2.75) is 19.4 Å². The van der Waals surface area contributed by atoms with Crippen LogP contribution in [-0.2, 0) is 14.2 Å². The molecule has 72 valence electrons. The van der Waals surface area contributed by atoms with Crippen molar-refractivity contribution in [1.82, 2.24) is 4.90 Å². The molecule has 0 radical (unpaired) electrons. The molecule has 0 aromatic carbocycles. The molecule has 12 heavy (non-hydrogen) atoms. The molecular weight excluding hydrogens is 158 g/mol. The molecule has 2 atom stereocenters. The van der Waals surface area contributed by atoms with Gasteiger partial charge in [-0.15, -0.1) is 0 Å². The van der Waals surface area contributed by atoms with E-state index < -0.39 is 0 Å². The fourth-order valence-electron chi connectivity index (χ4n) is 1.45. The third-order valence-corrected chi connectivity index (χ3v) is 2.13. The molecule has 4 nitrogen and oxygen atoms in total. The Balaban J connectivity index is 2.52. The SMILES string of the molecule is CCN1CCOC(OC)C1OC. The number of ether oxygens (including phenoxy) is 3. The second kappa shape index (κ2) is 4.77. The van der Waals surface area contributed by atoms with Crippen molar-refractivity contribution in [3.63, 3.8) is 0 Å². The van der Waals surface area contributed by atoms with Gasteiger partial charge in [0.25, 0.3) is 0 Å². The van der Waals surface area contributed by atoms with Gasteiger partial charge in [0.1, 0.15) is 0 Å². The minimum absolute atomic E-state index is 0.0613. The van der Waals surface area contributed by atoms with Crippen molar-refractivity contribution >= 4 is 0 Å². The van der Waals surface area contributed by atoms with Crippen LogP contribution < -0.4 is 0 Å². The van der Waals surface area contributed by atoms with Crippen LogP contribution >= 0.6 is 0 Å². The lowest BCUT2D eigenvalue weighted by atomic mass is 10.3. The first kappa shape index (κ1) is 9.92. The summed E-state index contributed by atoms with van der Waals surface area (Å²) in [7, 11) is 3.31. The summed E-state index contributed by atoms with van der Waals surface area (Å²) in [6.07, 6.45) is -0.308. The maximum Gasteiger partial charge on any atom is 0.197 e. The monoisotopic (exact) mass is 175 g/mol. The summed E-state index contributed by atoms with van der Waals surface area (Å²) in [6, 6.07) is 0. The molecule has 0 spiro atoms. The third kappa shape index (κ3) is 1.95. The molecule has 0 bridgehead atoms. The summed E-state index contributed by atoms with van der Waals surface area (Å²) in [5, 5.41) is 0. The van der Waals surface area contributed by atoms with Crippen LogP contribution in [-0.4, -0.2) is 51.3 Å². The zero-order chi connectivity index (χ0) is 8.97. The lowest BCUT2D eigenvalue weighted by Gasteiger charge is -2.38. The lowest BCUT2D eigenvalue weighted by Crippen LogP contribution is -2.52. The summed E-state index contributed by atoms with van der Waals surface area (Å²) in [5.74, 6) is 0. The molecule has 1 saturated heterocycles. The Morgan fingerprint density at radius 1 is 1.42 bits per heavy atom. The van der Waals surface area contributed by atoms with E-state index in [0.29, 0.717) is 6.61 Å². The number of morpholine rings is 1. The van der Waals surface area contributed by atoms with Gasteiger partial charge >= 0.3 is 0 Å². The smallest absolute Gasteiger partial charge is 0.197 e. The fraction of sp³-hybridized carbons (Fsp3) is 1.00. The van der Waals surface area contributed by atoms with Gasteiger partial charge in [-0.25, -0.2) is 0 Å². The number of rotatable bonds is 3. The molecule has 1 fully saturated rings. The fourth-order valence-corrected chi connectivity index (χ4v) is 1.45. The second-order valence-electron chi connectivity index (χ2n) is 2.73. The molecule has 1 aliphatic rings. The predicted molar refractivity (Wildman–Crippen MR) is 44.8 cm³/mol. The van der Waals surface area contributed by atoms with E-state index in [9.17, 15) is 0 Å². The average molecular weight is 175 g/mol. The minimum Gasteiger partial charge on any atom is -0.361 e. The highest BCUT2D eigenvalue weighted by atomic mass is 16.7. The first-order valence-corrected chi connectivity index (χ1v) is 4.24. The summed E-state index contributed by atoms with van der Waals surface area (Å²) >= 11 is 0. The molecule has 0 aliphatic carbocycles. The largest absolute Gasteiger partial charge is 0.361 e. The quantitative estimate of drug-likeness (QED) is 0.616. The molecule has 1 aliphatic heterocycles. The standard InChI is InChI=1S/C8H17NO3/c1-4-9-5-6-12-8(11-3)7(9)10-2/h7-8H,4-6H2,1-3H3. The number of likely N-dealkylation sites (N-methyl/N-ethyl adjacent to an activating group) is 1. The number of methoxy groups -OCH3 is 2. The van der Waals surface area contributed by atoms with Crippen molar-refractivity contribution in [3.05, 3.63) is 0 Å². The Bertz CT molecular complexity index is 119. The van der Waals surface area contributed by atoms with Crippen LogP contribution in [0, 0.1) is 0 Å². The van der Waals surface area contributed by atoms with E-state index in [-0.39, 0.29) is 12.5 Å². The van der Waals surface area contributed by atoms with E-state index >= 15 is 0 Å². The van der Waals surface area contributed by atoms with Gasteiger partial charge in [-0.1, -0.05) is 6.92 Å². The highest BCUT2D eigenvalue weighted by molar-refractivity contribution is 4.69. The Morgan fingerprint density at radius 2 is 2.17 bits per heavy atom. The second-order valence-corrected chi connectivity index (χ2v) is 2.73. The molecule has 0 amide bonds. The Hall–Kier alpha value is -0.160. The van der Waals surface area contributed by atoms with Gasteiger partial charge in [0.05, 0.1) is 6.61 Å². The number of hydrogen-bond donors (Lipinski definition) is 0. The van der Waals surface area contributed by atoms with Crippen LogP contribution in [0.4, 0.5) is 0 Å². The van der Waals surface area contributed by atoms with Crippen molar-refractivity contribution in [3.8, 4) is 0 Å². The lowest BCUT2D eigenvalue weighted by molar-refractivity contribution is -0.258. The molecule has 0 N–H and O–H groups in total. The highest BCUT2D eigenvalue weighted by Crippen LogP contribution is 2.14. The topological polar surface area (TPSA) is 30.9 Å². The maximum atomic E-state index is 5.37. The van der Waals surface area contributed by atoms with Crippen LogP contribution in [0.3, 0.4) is 0 Å². The zero-order valence-electron chi connectivity index (χ0n) is 7.95. The Labute approximate surface area is 73.4 Å². The van der Waals surface area contributed by atoms with Gasteiger partial charge in [0.15, 0.2) is 12.5 Å². The van der Waals surface area contributed by atoms with Gasteiger partial charge in [0, 0.05) is 20.8 Å². The number of hydrogen-bond acceptors (Lipinski definition) is 4. The van der Waals surface area contributed by atoms with Crippen molar-refractivity contribution < 1.29 is 14.2 Å². The maximum absolute atomic E-state index is 5.37. The Morgan fingerprint density at radius 3 is 2.67 bits per heavy atom. The molecule has 1 heterocycles. The highest BCUT2D eigenvalue weighted by Gasteiger charge is 2.31. The van der Waals surface area contributed by atoms with Crippen LogP contribution in [0.25, 0.3) is 0 Å². The zero-order valence-corrected chi connectivity index (χ0v) is 7.95. The van der Waals surface area contributed by atoms with Crippen LogP contribution in [0.5, 0.6) is 0 Å². The number of nitrogens with zero attached hydrogens (tertiary/aromatic N) is 1. The first-order chi connectivity index (χ1) is 5.83. The van der Waals surface area contributed by atoms with Gasteiger partial charge in [0.2, 0.25) is 0 Å². The molecule has 4 heteroatoms. The first-order valence-electron chi connectivity index (χ1n) is 4.24. The average Bonchev–Trinajstić information content (AvgIpc) is 2.16. The van der Waals surface area contributed by atoms with Crippen LogP contribution in [0.1, 0.15) is 6.92 Å². The summed E-state index contributed by atoms with van der Waals surface area (Å²) < 4.78 is 15.8. The minimum atomic E-state index is -0.247. The van der Waals surface area contributed by atoms with Gasteiger partial charge in [-0.05, 0) is 6.54 Å².